The van der Waals surface area contributed by atoms with Crippen LogP contribution in [0.5, 0.6) is 0 Å². The second-order valence-corrected chi connectivity index (χ2v) is 5.98. The fraction of sp³-hybridized carbons (Fsp3) is 0.647. The molecule has 1 heterocycles. The summed E-state index contributed by atoms with van der Waals surface area (Å²) in [5.74, 6) is 0.521. The van der Waals surface area contributed by atoms with Crippen LogP contribution >= 0.6 is 0 Å². The van der Waals surface area contributed by atoms with E-state index in [1.165, 1.54) is 5.56 Å². The molecular weight excluding hydrogens is 250 g/mol. The minimum Gasteiger partial charge on any atom is -0.386 e. The van der Waals surface area contributed by atoms with Crippen molar-refractivity contribution < 1.29 is 9.84 Å². The number of hydrogen-bond acceptors (Lipinski definition) is 3. The van der Waals surface area contributed by atoms with Gasteiger partial charge in [0, 0.05) is 13.1 Å². The lowest BCUT2D eigenvalue weighted by molar-refractivity contribution is -0.0898. The van der Waals surface area contributed by atoms with E-state index in [2.05, 4.69) is 37.8 Å². The summed E-state index contributed by atoms with van der Waals surface area (Å²) >= 11 is 0. The average Bonchev–Trinajstić information content (AvgIpc) is 2.47. The molecule has 1 saturated heterocycles. The minimum absolute atomic E-state index is 0.111. The maximum atomic E-state index is 10.5. The molecule has 112 valence electrons. The number of nitrogens with zero attached hydrogens (tertiary/aromatic N) is 1. The van der Waals surface area contributed by atoms with E-state index in [1.54, 1.807) is 0 Å². The van der Waals surface area contributed by atoms with E-state index in [0.717, 1.165) is 31.6 Å². The molecule has 0 aromatic heterocycles. The Bertz CT molecular complexity index is 400. The molecule has 20 heavy (non-hydrogen) atoms. The summed E-state index contributed by atoms with van der Waals surface area (Å²) in [4.78, 5) is 2.37. The Kier molecular flexibility index (Phi) is 5.58. The lowest BCUT2D eigenvalue weighted by Gasteiger charge is -2.35. The molecule has 3 nitrogen and oxygen atoms in total. The predicted molar refractivity (Wildman–Crippen MR) is 82.0 cm³/mol. The highest BCUT2D eigenvalue weighted by Gasteiger charge is 2.27. The second kappa shape index (κ2) is 7.21. The zero-order chi connectivity index (χ0) is 14.5. The van der Waals surface area contributed by atoms with E-state index in [9.17, 15) is 5.11 Å². The highest BCUT2D eigenvalue weighted by molar-refractivity contribution is 5.26. The van der Waals surface area contributed by atoms with Crippen molar-refractivity contribution in [3.8, 4) is 0 Å². The Morgan fingerprint density at radius 2 is 1.90 bits per heavy atom. The number of morpholine rings is 1. The molecule has 0 aliphatic carbocycles. The van der Waals surface area contributed by atoms with Crippen molar-refractivity contribution in [2.24, 2.45) is 0 Å². The quantitative estimate of drug-likeness (QED) is 0.898. The number of hydrogen-bond donors (Lipinski definition) is 1. The van der Waals surface area contributed by atoms with Crippen molar-refractivity contribution in [1.29, 1.82) is 0 Å². The first-order valence-corrected chi connectivity index (χ1v) is 7.73. The van der Waals surface area contributed by atoms with Gasteiger partial charge in [-0.1, -0.05) is 45.0 Å². The number of rotatable bonds is 5. The maximum Gasteiger partial charge on any atom is 0.106 e. The predicted octanol–water partition coefficient (Wildman–Crippen LogP) is 2.95. The molecule has 0 amide bonds. The second-order valence-electron chi connectivity index (χ2n) is 5.98. The van der Waals surface area contributed by atoms with E-state index in [4.69, 9.17) is 4.74 Å². The summed E-state index contributed by atoms with van der Waals surface area (Å²) in [6.45, 7) is 10.1. The monoisotopic (exact) mass is 277 g/mol. The maximum absolute atomic E-state index is 10.5. The lowest BCUT2D eigenvalue weighted by atomic mass is 9.97. The molecule has 1 N–H and O–H groups in total. The SMILES string of the molecule is CCCN1CCOC(C(O)c2ccc(C(C)C)cc2)C1. The largest absolute Gasteiger partial charge is 0.386 e. The lowest BCUT2D eigenvalue weighted by Crippen LogP contribution is -2.45. The molecule has 1 fully saturated rings. The number of benzene rings is 1. The molecule has 0 spiro atoms. The highest BCUT2D eigenvalue weighted by Crippen LogP contribution is 2.24. The normalized spacial score (nSPS) is 22.1. The molecule has 2 rings (SSSR count). The van der Waals surface area contributed by atoms with Crippen molar-refractivity contribution in [2.75, 3.05) is 26.2 Å². The van der Waals surface area contributed by atoms with Crippen LogP contribution in [0.25, 0.3) is 0 Å². The first-order chi connectivity index (χ1) is 9.61. The minimum atomic E-state index is -0.532. The van der Waals surface area contributed by atoms with Gasteiger partial charge < -0.3 is 9.84 Å². The molecule has 1 aromatic carbocycles. The van der Waals surface area contributed by atoms with Gasteiger partial charge in [0.15, 0.2) is 0 Å². The van der Waals surface area contributed by atoms with Gasteiger partial charge in [-0.3, -0.25) is 4.90 Å². The summed E-state index contributed by atoms with van der Waals surface area (Å²) in [6.07, 6.45) is 0.502. The third-order valence-corrected chi connectivity index (χ3v) is 4.01. The summed E-state index contributed by atoms with van der Waals surface area (Å²) in [7, 11) is 0. The van der Waals surface area contributed by atoms with Crippen LogP contribution < -0.4 is 0 Å². The summed E-state index contributed by atoms with van der Waals surface area (Å²) in [5.41, 5.74) is 2.26. The molecule has 0 saturated carbocycles. The van der Waals surface area contributed by atoms with E-state index < -0.39 is 6.10 Å². The molecule has 3 heteroatoms. The first kappa shape index (κ1) is 15.5. The molecule has 2 atom stereocenters. The molecule has 1 aromatic rings. The fourth-order valence-corrected chi connectivity index (χ4v) is 2.73. The van der Waals surface area contributed by atoms with Crippen LogP contribution in [-0.2, 0) is 4.74 Å². The molecule has 1 aliphatic heterocycles. The Morgan fingerprint density at radius 3 is 2.50 bits per heavy atom. The van der Waals surface area contributed by atoms with Crippen molar-refractivity contribution in [2.45, 2.75) is 45.3 Å². The zero-order valence-corrected chi connectivity index (χ0v) is 12.9. The van der Waals surface area contributed by atoms with Crippen LogP contribution in [0.2, 0.25) is 0 Å². The summed E-state index contributed by atoms with van der Waals surface area (Å²) < 4.78 is 5.76. The fourth-order valence-electron chi connectivity index (χ4n) is 2.73. The van der Waals surface area contributed by atoms with E-state index in [1.807, 2.05) is 12.1 Å². The van der Waals surface area contributed by atoms with Gasteiger partial charge in [0.1, 0.15) is 12.2 Å². The van der Waals surface area contributed by atoms with Gasteiger partial charge in [0.05, 0.1) is 6.61 Å². The van der Waals surface area contributed by atoms with Crippen molar-refractivity contribution in [3.63, 3.8) is 0 Å². The van der Waals surface area contributed by atoms with Gasteiger partial charge in [-0.2, -0.15) is 0 Å². The Hall–Kier alpha value is -0.900. The van der Waals surface area contributed by atoms with Crippen LogP contribution in [0.3, 0.4) is 0 Å². The van der Waals surface area contributed by atoms with Gasteiger partial charge in [0.2, 0.25) is 0 Å². The highest BCUT2D eigenvalue weighted by atomic mass is 16.5. The third-order valence-electron chi connectivity index (χ3n) is 4.01. The number of ether oxygens (including phenoxy) is 1. The van der Waals surface area contributed by atoms with E-state index in [-0.39, 0.29) is 6.10 Å². The van der Waals surface area contributed by atoms with E-state index in [0.29, 0.717) is 12.5 Å². The number of aliphatic hydroxyl groups excluding tert-OH is 1. The molecule has 0 bridgehead atoms. The van der Waals surface area contributed by atoms with E-state index >= 15 is 0 Å². The topological polar surface area (TPSA) is 32.7 Å². The molecule has 0 radical (unpaired) electrons. The third kappa shape index (κ3) is 3.81. The van der Waals surface area contributed by atoms with Crippen molar-refractivity contribution in [1.82, 2.24) is 4.90 Å². The van der Waals surface area contributed by atoms with Crippen molar-refractivity contribution >= 4 is 0 Å². The Balaban J connectivity index is 2.00. The zero-order valence-electron chi connectivity index (χ0n) is 12.9. The van der Waals surface area contributed by atoms with Crippen molar-refractivity contribution in [3.05, 3.63) is 35.4 Å². The van der Waals surface area contributed by atoms with Crippen LogP contribution in [-0.4, -0.2) is 42.4 Å². The molecular formula is C17H27NO2. The van der Waals surface area contributed by atoms with Gasteiger partial charge in [-0.25, -0.2) is 0 Å². The Labute approximate surface area is 122 Å². The van der Waals surface area contributed by atoms with Crippen LogP contribution in [0.4, 0.5) is 0 Å². The summed E-state index contributed by atoms with van der Waals surface area (Å²) in [6, 6.07) is 8.27. The standard InChI is InChI=1S/C17H27NO2/c1-4-9-18-10-11-20-16(12-18)17(19)15-7-5-14(6-8-15)13(2)3/h5-8,13,16-17,19H,4,9-12H2,1-3H3. The smallest absolute Gasteiger partial charge is 0.106 e. The first-order valence-electron chi connectivity index (χ1n) is 7.73. The van der Waals surface area contributed by atoms with Gasteiger partial charge >= 0.3 is 0 Å². The molecule has 1 aliphatic rings. The molecule has 2 unspecified atom stereocenters. The Morgan fingerprint density at radius 1 is 1.25 bits per heavy atom. The number of aliphatic hydroxyl groups is 1. The van der Waals surface area contributed by atoms with Crippen LogP contribution in [0.15, 0.2) is 24.3 Å². The van der Waals surface area contributed by atoms with Gasteiger partial charge in [-0.15, -0.1) is 0 Å². The van der Waals surface area contributed by atoms with Gasteiger partial charge in [0.25, 0.3) is 0 Å². The van der Waals surface area contributed by atoms with Crippen LogP contribution in [0.1, 0.15) is 50.3 Å². The average molecular weight is 277 g/mol. The van der Waals surface area contributed by atoms with Gasteiger partial charge in [-0.05, 0) is 30.0 Å². The van der Waals surface area contributed by atoms with Crippen LogP contribution in [0, 0.1) is 0 Å². The summed E-state index contributed by atoms with van der Waals surface area (Å²) in [5, 5.41) is 10.5.